The lowest BCUT2D eigenvalue weighted by atomic mass is 10.2. The molecule has 0 aliphatic heterocycles. The highest BCUT2D eigenvalue weighted by molar-refractivity contribution is 7.10. The van der Waals surface area contributed by atoms with Gasteiger partial charge in [-0.1, -0.05) is 18.1 Å². The van der Waals surface area contributed by atoms with Crippen LogP contribution in [0.15, 0.2) is 46.3 Å². The topological polar surface area (TPSA) is 80.0 Å². The maximum atomic E-state index is 11.8. The van der Waals surface area contributed by atoms with E-state index >= 15 is 0 Å². The van der Waals surface area contributed by atoms with Crippen molar-refractivity contribution < 1.29 is 9.32 Å². The molecule has 6 nitrogen and oxygen atoms in total. The van der Waals surface area contributed by atoms with E-state index < -0.39 is 0 Å². The minimum atomic E-state index is -0.215. The molecular formula is C19H20N4O2S. The van der Waals surface area contributed by atoms with E-state index in [1.54, 1.807) is 17.4 Å². The Hall–Kier alpha value is -2.93. The number of amides is 2. The first-order valence-corrected chi connectivity index (χ1v) is 9.25. The van der Waals surface area contributed by atoms with Gasteiger partial charge in [-0.15, -0.1) is 11.3 Å². The largest absolute Gasteiger partial charge is 0.335 e. The molecule has 0 saturated heterocycles. The van der Waals surface area contributed by atoms with E-state index in [1.165, 1.54) is 0 Å². The Balaban J connectivity index is 1.63. The second-order valence-electron chi connectivity index (χ2n) is 5.79. The number of carbonyl (C=O) groups excluding carboxylic acids is 1. The van der Waals surface area contributed by atoms with Gasteiger partial charge in [-0.25, -0.2) is 4.79 Å². The molecule has 1 unspecified atom stereocenters. The van der Waals surface area contributed by atoms with Crippen LogP contribution in [0.5, 0.6) is 0 Å². The third kappa shape index (κ3) is 4.80. The number of thiophene rings is 1. The second kappa shape index (κ2) is 8.44. The number of nitrogens with one attached hydrogen (secondary N) is 2. The molecule has 0 saturated carbocycles. The molecule has 3 aromatic rings. The van der Waals surface area contributed by atoms with Crippen molar-refractivity contribution in [3.8, 4) is 11.4 Å². The summed E-state index contributed by atoms with van der Waals surface area (Å²) in [5.41, 5.74) is 1.52. The highest BCUT2D eigenvalue weighted by Crippen LogP contribution is 2.20. The van der Waals surface area contributed by atoms with Crippen LogP contribution in [0.2, 0.25) is 0 Å². The van der Waals surface area contributed by atoms with E-state index in [1.807, 2.05) is 61.7 Å². The van der Waals surface area contributed by atoms with Crippen LogP contribution in [0.25, 0.3) is 23.5 Å². The molecule has 134 valence electrons. The zero-order valence-electron chi connectivity index (χ0n) is 14.6. The van der Waals surface area contributed by atoms with Gasteiger partial charge in [0.15, 0.2) is 0 Å². The fraction of sp³-hybridized carbons (Fsp3) is 0.211. The number of hydrogen-bond donors (Lipinski definition) is 2. The monoisotopic (exact) mass is 368 g/mol. The molecule has 0 aliphatic carbocycles. The zero-order chi connectivity index (χ0) is 18.4. The first-order valence-electron chi connectivity index (χ1n) is 8.37. The molecule has 0 aliphatic rings. The van der Waals surface area contributed by atoms with Gasteiger partial charge in [0, 0.05) is 28.2 Å². The lowest BCUT2D eigenvalue weighted by molar-refractivity contribution is 0.249. The quantitative estimate of drug-likeness (QED) is 0.649. The Morgan fingerprint density at radius 3 is 2.77 bits per heavy atom. The number of nitrogens with zero attached hydrogens (tertiary/aromatic N) is 2. The molecule has 2 amide bonds. The van der Waals surface area contributed by atoms with E-state index in [4.69, 9.17) is 4.52 Å². The van der Waals surface area contributed by atoms with E-state index in [0.717, 1.165) is 16.9 Å². The second-order valence-corrected chi connectivity index (χ2v) is 6.77. The summed E-state index contributed by atoms with van der Waals surface area (Å²) >= 11 is 1.64. The fourth-order valence-electron chi connectivity index (χ4n) is 2.16. The third-order valence-electron chi connectivity index (χ3n) is 3.77. The summed E-state index contributed by atoms with van der Waals surface area (Å²) in [5.74, 6) is 0.954. The minimum absolute atomic E-state index is 0.134. The number of benzene rings is 1. The molecule has 7 heteroatoms. The van der Waals surface area contributed by atoms with Crippen LogP contribution in [-0.4, -0.2) is 22.2 Å². The Bertz CT molecular complexity index is 869. The lowest BCUT2D eigenvalue weighted by Crippen LogP contribution is -2.35. The minimum Gasteiger partial charge on any atom is -0.335 e. The van der Waals surface area contributed by atoms with Gasteiger partial charge in [0.1, 0.15) is 0 Å². The number of carbonyl (C=O) groups is 1. The van der Waals surface area contributed by atoms with Crippen molar-refractivity contribution in [1.82, 2.24) is 15.5 Å². The smallest absolute Gasteiger partial charge is 0.319 e. The molecule has 0 radical (unpaired) electrons. The van der Waals surface area contributed by atoms with E-state index in [2.05, 4.69) is 20.8 Å². The fourth-order valence-corrected chi connectivity index (χ4v) is 2.77. The van der Waals surface area contributed by atoms with Crippen molar-refractivity contribution in [2.45, 2.75) is 26.3 Å². The van der Waals surface area contributed by atoms with Gasteiger partial charge in [-0.05, 0) is 55.1 Å². The number of urea groups is 1. The Kier molecular flexibility index (Phi) is 5.80. The highest BCUT2D eigenvalue weighted by atomic mass is 32.1. The van der Waals surface area contributed by atoms with Crippen molar-refractivity contribution >= 4 is 35.2 Å². The summed E-state index contributed by atoms with van der Waals surface area (Å²) in [4.78, 5) is 17.3. The third-order valence-corrected chi connectivity index (χ3v) is 4.60. The predicted octanol–water partition coefficient (Wildman–Crippen LogP) is 4.89. The summed E-state index contributed by atoms with van der Waals surface area (Å²) in [6.07, 6.45) is 4.61. The van der Waals surface area contributed by atoms with Gasteiger partial charge in [0.05, 0.1) is 0 Å². The predicted molar refractivity (Wildman–Crippen MR) is 105 cm³/mol. The molecule has 0 bridgehead atoms. The Morgan fingerprint density at radius 2 is 2.08 bits per heavy atom. The van der Waals surface area contributed by atoms with Crippen LogP contribution >= 0.6 is 11.3 Å². The van der Waals surface area contributed by atoms with Gasteiger partial charge in [0.2, 0.25) is 5.82 Å². The normalized spacial score (nSPS) is 12.2. The molecule has 3 rings (SSSR count). The van der Waals surface area contributed by atoms with Crippen LogP contribution < -0.4 is 10.6 Å². The molecule has 1 atom stereocenters. The van der Waals surface area contributed by atoms with Crippen molar-refractivity contribution in [3.63, 3.8) is 0 Å². The Morgan fingerprint density at radius 1 is 1.27 bits per heavy atom. The van der Waals surface area contributed by atoms with E-state index in [-0.39, 0.29) is 12.1 Å². The van der Waals surface area contributed by atoms with Gasteiger partial charge < -0.3 is 15.2 Å². The molecule has 1 aromatic carbocycles. The number of aromatic nitrogens is 2. The standard InChI is InChI=1S/C19H20N4O2S/c1-3-13(2)20-19(24)21-15-8-6-14(7-9-15)18-22-17(25-23-18)11-10-16-5-4-12-26-16/h4-13H,3H2,1-2H3,(H2,20,21,24)/b11-10+. The SMILES string of the molecule is CCC(C)NC(=O)Nc1ccc(-c2noc(/C=C/c3cccs3)n2)cc1. The zero-order valence-corrected chi connectivity index (χ0v) is 15.4. The summed E-state index contributed by atoms with van der Waals surface area (Å²) in [6.45, 7) is 3.98. The molecule has 2 N–H and O–H groups in total. The van der Waals surface area contributed by atoms with Gasteiger partial charge in [-0.2, -0.15) is 4.98 Å². The summed E-state index contributed by atoms with van der Waals surface area (Å²) in [5, 5.41) is 11.7. The van der Waals surface area contributed by atoms with E-state index in [9.17, 15) is 4.79 Å². The van der Waals surface area contributed by atoms with E-state index in [0.29, 0.717) is 17.4 Å². The maximum absolute atomic E-state index is 11.8. The maximum Gasteiger partial charge on any atom is 0.319 e. The van der Waals surface area contributed by atoms with Crippen LogP contribution in [0.4, 0.5) is 10.5 Å². The number of hydrogen-bond acceptors (Lipinski definition) is 5. The van der Waals surface area contributed by atoms with Crippen LogP contribution in [0.1, 0.15) is 31.0 Å². The molecule has 26 heavy (non-hydrogen) atoms. The van der Waals surface area contributed by atoms with Gasteiger partial charge in [-0.3, -0.25) is 0 Å². The average molecular weight is 368 g/mol. The lowest BCUT2D eigenvalue weighted by Gasteiger charge is -2.12. The number of anilines is 1. The Labute approximate surface area is 155 Å². The van der Waals surface area contributed by atoms with Crippen molar-refractivity contribution in [2.24, 2.45) is 0 Å². The molecule has 2 heterocycles. The summed E-state index contributed by atoms with van der Waals surface area (Å²) in [6, 6.07) is 11.2. The average Bonchev–Trinajstić information content (AvgIpc) is 3.32. The van der Waals surface area contributed by atoms with Crippen LogP contribution in [-0.2, 0) is 0 Å². The first-order chi connectivity index (χ1) is 12.6. The molecular weight excluding hydrogens is 348 g/mol. The summed E-state index contributed by atoms with van der Waals surface area (Å²) < 4.78 is 5.25. The van der Waals surface area contributed by atoms with Gasteiger partial charge >= 0.3 is 6.03 Å². The van der Waals surface area contributed by atoms with Crippen molar-refractivity contribution in [3.05, 3.63) is 52.5 Å². The van der Waals surface area contributed by atoms with Gasteiger partial charge in [0.25, 0.3) is 5.89 Å². The molecule has 0 fully saturated rings. The van der Waals surface area contributed by atoms with Crippen LogP contribution in [0, 0.1) is 0 Å². The van der Waals surface area contributed by atoms with Crippen LogP contribution in [0.3, 0.4) is 0 Å². The summed E-state index contributed by atoms with van der Waals surface area (Å²) in [7, 11) is 0. The van der Waals surface area contributed by atoms with Crippen molar-refractivity contribution in [1.29, 1.82) is 0 Å². The highest BCUT2D eigenvalue weighted by Gasteiger charge is 2.08. The molecule has 0 spiro atoms. The first kappa shape index (κ1) is 17.9. The number of rotatable bonds is 6. The molecule has 2 aromatic heterocycles. The van der Waals surface area contributed by atoms with Crippen molar-refractivity contribution in [2.75, 3.05) is 5.32 Å².